The number of anilines is 1. The third kappa shape index (κ3) is 5.55. The molecule has 1 unspecified atom stereocenters. The predicted octanol–water partition coefficient (Wildman–Crippen LogP) is 4.24. The molecule has 0 saturated heterocycles. The van der Waals surface area contributed by atoms with Crippen molar-refractivity contribution in [2.45, 2.75) is 58.4 Å². The summed E-state index contributed by atoms with van der Waals surface area (Å²) in [4.78, 5) is 27.5. The van der Waals surface area contributed by atoms with Gasteiger partial charge in [-0.1, -0.05) is 30.3 Å². The van der Waals surface area contributed by atoms with Crippen molar-refractivity contribution in [2.24, 2.45) is 0 Å². The number of benzene rings is 2. The first kappa shape index (κ1) is 27.2. The van der Waals surface area contributed by atoms with Gasteiger partial charge in [-0.2, -0.15) is 0 Å². The van der Waals surface area contributed by atoms with Crippen LogP contribution < -0.4 is 10.2 Å². The van der Waals surface area contributed by atoms with Crippen LogP contribution in [0.3, 0.4) is 0 Å². The Labute approximate surface area is 212 Å². The maximum atomic E-state index is 12.9. The minimum Gasteiger partial charge on any atom is -0.464 e. The first-order valence-corrected chi connectivity index (χ1v) is 11.8. The van der Waals surface area contributed by atoms with Crippen LogP contribution in [0, 0.1) is 0 Å². The number of carbonyl (C=O) groups is 2. The van der Waals surface area contributed by atoms with E-state index in [2.05, 4.69) is 5.32 Å². The van der Waals surface area contributed by atoms with Gasteiger partial charge < -0.3 is 29.5 Å². The van der Waals surface area contributed by atoms with Gasteiger partial charge in [0.1, 0.15) is 16.9 Å². The van der Waals surface area contributed by atoms with E-state index in [-0.39, 0.29) is 12.3 Å². The molecule has 2 aromatic carbocycles. The van der Waals surface area contributed by atoms with E-state index >= 15 is 0 Å². The maximum Gasteiger partial charge on any atom is 0.356 e. The monoisotopic (exact) mass is 496 g/mol. The van der Waals surface area contributed by atoms with Gasteiger partial charge in [0.15, 0.2) is 5.70 Å². The Morgan fingerprint density at radius 3 is 2.11 bits per heavy atom. The van der Waals surface area contributed by atoms with Gasteiger partial charge in [0, 0.05) is 12.8 Å². The van der Waals surface area contributed by atoms with Crippen LogP contribution in [0.5, 0.6) is 0 Å². The van der Waals surface area contributed by atoms with Crippen molar-refractivity contribution in [3.63, 3.8) is 0 Å². The summed E-state index contributed by atoms with van der Waals surface area (Å²) in [5, 5.41) is 14.1. The number of methoxy groups -OCH3 is 2. The summed E-state index contributed by atoms with van der Waals surface area (Å²) >= 11 is 0. The smallest absolute Gasteiger partial charge is 0.356 e. The lowest BCUT2D eigenvalue weighted by Crippen LogP contribution is -2.55. The number of nitrogens with zero attached hydrogens (tertiary/aromatic N) is 1. The van der Waals surface area contributed by atoms with E-state index in [1.54, 1.807) is 38.0 Å². The number of rotatable bonds is 7. The van der Waals surface area contributed by atoms with Crippen molar-refractivity contribution >= 4 is 17.6 Å². The van der Waals surface area contributed by atoms with Crippen LogP contribution in [-0.4, -0.2) is 54.7 Å². The number of hydrogen-bond acceptors (Lipinski definition) is 8. The predicted molar refractivity (Wildman–Crippen MR) is 138 cm³/mol. The molecule has 0 spiro atoms. The van der Waals surface area contributed by atoms with Crippen molar-refractivity contribution in [3.8, 4) is 11.1 Å². The lowest BCUT2D eigenvalue weighted by molar-refractivity contribution is -0.136. The molecule has 0 amide bonds. The molecule has 0 aromatic heterocycles. The lowest BCUT2D eigenvalue weighted by Gasteiger charge is -2.37. The molecule has 194 valence electrons. The van der Waals surface area contributed by atoms with Crippen molar-refractivity contribution < 1.29 is 28.9 Å². The average Bonchev–Trinajstić information content (AvgIpc) is 3.11. The average molecular weight is 497 g/mol. The second-order valence-corrected chi connectivity index (χ2v) is 10.5. The van der Waals surface area contributed by atoms with Crippen LogP contribution in [0.2, 0.25) is 0 Å². The third-order valence-corrected chi connectivity index (χ3v) is 5.75. The molecular formula is C28H36N2O6. The summed E-state index contributed by atoms with van der Waals surface area (Å²) in [5.41, 5.74) is 0.415. The Kier molecular flexibility index (Phi) is 7.53. The molecular weight excluding hydrogens is 460 g/mol. The molecule has 1 heterocycles. The van der Waals surface area contributed by atoms with Gasteiger partial charge in [-0.3, -0.25) is 0 Å². The first-order chi connectivity index (χ1) is 16.7. The van der Waals surface area contributed by atoms with Crippen molar-refractivity contribution in [2.75, 3.05) is 25.7 Å². The Bertz CT molecular complexity index is 1160. The molecule has 0 aliphatic carbocycles. The number of hydrogen-bond donors (Lipinski definition) is 2. The standard InChI is InChI=1S/C28H36N2O6/c1-26(2,3)36-24(31)21-12-10-9-11-20(21)18-13-15-19(16-14-18)30-22(25(32)35-8)23(27(4,5)33)29-28(30,6)17-34-7/h9-16,29,33H,17H2,1-8H3. The van der Waals surface area contributed by atoms with Crippen molar-refractivity contribution in [3.05, 3.63) is 65.5 Å². The summed E-state index contributed by atoms with van der Waals surface area (Å²) in [6.07, 6.45) is 0. The maximum absolute atomic E-state index is 12.9. The van der Waals surface area contributed by atoms with Gasteiger partial charge in [-0.05, 0) is 70.9 Å². The van der Waals surface area contributed by atoms with E-state index in [1.807, 2.05) is 64.1 Å². The fourth-order valence-electron chi connectivity index (χ4n) is 4.31. The second-order valence-electron chi connectivity index (χ2n) is 10.5. The zero-order chi connectivity index (χ0) is 26.9. The quantitative estimate of drug-likeness (QED) is 0.550. The van der Waals surface area contributed by atoms with Crippen LogP contribution >= 0.6 is 0 Å². The van der Waals surface area contributed by atoms with Crippen LogP contribution in [0.1, 0.15) is 51.9 Å². The fraction of sp³-hybridized carbons (Fsp3) is 0.429. The largest absolute Gasteiger partial charge is 0.464 e. The Hall–Kier alpha value is -3.36. The van der Waals surface area contributed by atoms with Gasteiger partial charge >= 0.3 is 11.9 Å². The lowest BCUT2D eigenvalue weighted by atomic mass is 9.98. The molecule has 36 heavy (non-hydrogen) atoms. The highest BCUT2D eigenvalue weighted by Gasteiger charge is 2.48. The molecule has 1 aliphatic rings. The molecule has 0 saturated carbocycles. The molecule has 8 nitrogen and oxygen atoms in total. The van der Waals surface area contributed by atoms with Gasteiger partial charge in [0.05, 0.1) is 25.0 Å². The van der Waals surface area contributed by atoms with Gasteiger partial charge in [0.2, 0.25) is 0 Å². The molecule has 0 fully saturated rings. The number of nitrogens with one attached hydrogen (secondary N) is 1. The van der Waals surface area contributed by atoms with Gasteiger partial charge in [-0.25, -0.2) is 9.59 Å². The zero-order valence-corrected chi connectivity index (χ0v) is 22.3. The van der Waals surface area contributed by atoms with E-state index < -0.39 is 28.8 Å². The SMILES string of the molecule is COCC1(C)NC(C(C)(C)O)=C(C(=O)OC)N1c1ccc(-c2ccccc2C(=O)OC(C)(C)C)cc1. The molecule has 8 heteroatoms. The number of ether oxygens (including phenoxy) is 3. The molecule has 0 bridgehead atoms. The molecule has 0 radical (unpaired) electrons. The van der Waals surface area contributed by atoms with Crippen LogP contribution in [0.4, 0.5) is 5.69 Å². The number of carbonyl (C=O) groups excluding carboxylic acids is 2. The second kappa shape index (κ2) is 9.95. The Balaban J connectivity index is 2.09. The molecule has 2 aromatic rings. The summed E-state index contributed by atoms with van der Waals surface area (Å²) < 4.78 is 16.1. The number of aliphatic hydroxyl groups is 1. The van der Waals surface area contributed by atoms with Crippen molar-refractivity contribution in [1.29, 1.82) is 0 Å². The summed E-state index contributed by atoms with van der Waals surface area (Å²) in [7, 11) is 2.87. The topological polar surface area (TPSA) is 97.3 Å². The third-order valence-electron chi connectivity index (χ3n) is 5.75. The van der Waals surface area contributed by atoms with Gasteiger partial charge in [-0.15, -0.1) is 0 Å². The van der Waals surface area contributed by atoms with Crippen LogP contribution in [0.25, 0.3) is 11.1 Å². The molecule has 3 rings (SSSR count). The van der Waals surface area contributed by atoms with E-state index in [0.29, 0.717) is 16.9 Å². The molecule has 1 atom stereocenters. The molecule has 1 aliphatic heterocycles. The Morgan fingerprint density at radius 2 is 1.58 bits per heavy atom. The summed E-state index contributed by atoms with van der Waals surface area (Å²) in [6, 6.07) is 14.7. The Morgan fingerprint density at radius 1 is 0.972 bits per heavy atom. The van der Waals surface area contributed by atoms with Crippen molar-refractivity contribution in [1.82, 2.24) is 5.32 Å². The zero-order valence-electron chi connectivity index (χ0n) is 22.3. The van der Waals surface area contributed by atoms with Gasteiger partial charge in [0.25, 0.3) is 0 Å². The van der Waals surface area contributed by atoms with Crippen LogP contribution in [0.15, 0.2) is 59.9 Å². The van der Waals surface area contributed by atoms with Crippen LogP contribution in [-0.2, 0) is 19.0 Å². The fourth-order valence-corrected chi connectivity index (χ4v) is 4.31. The van der Waals surface area contributed by atoms with E-state index in [0.717, 1.165) is 11.1 Å². The highest BCUT2D eigenvalue weighted by Crippen LogP contribution is 2.39. The van der Waals surface area contributed by atoms with E-state index in [9.17, 15) is 14.7 Å². The highest BCUT2D eigenvalue weighted by molar-refractivity contribution is 5.98. The normalized spacial score (nSPS) is 18.2. The van der Waals surface area contributed by atoms with E-state index in [1.165, 1.54) is 7.11 Å². The van der Waals surface area contributed by atoms with E-state index in [4.69, 9.17) is 14.2 Å². The minimum atomic E-state index is -1.33. The number of esters is 2. The summed E-state index contributed by atoms with van der Waals surface area (Å²) in [5.74, 6) is -0.983. The summed E-state index contributed by atoms with van der Waals surface area (Å²) in [6.45, 7) is 10.8. The minimum absolute atomic E-state index is 0.200. The molecule has 2 N–H and O–H groups in total. The first-order valence-electron chi connectivity index (χ1n) is 11.8. The highest BCUT2D eigenvalue weighted by atomic mass is 16.6.